The molecule has 0 radical (unpaired) electrons. The fourth-order valence-electron chi connectivity index (χ4n) is 1.55. The van der Waals surface area contributed by atoms with Crippen molar-refractivity contribution in [3.63, 3.8) is 0 Å². The second-order valence-electron chi connectivity index (χ2n) is 3.43. The topological polar surface area (TPSA) is 59.2 Å². The first-order chi connectivity index (χ1) is 7.74. The van der Waals surface area contributed by atoms with E-state index in [1.807, 2.05) is 18.2 Å². The Kier molecular flexibility index (Phi) is 1.94. The molecule has 80 valence electrons. The summed E-state index contributed by atoms with van der Waals surface area (Å²) in [6.07, 6.45) is 0. The summed E-state index contributed by atoms with van der Waals surface area (Å²) < 4.78 is 6.35. The molecule has 0 amide bonds. The number of hydrogen-bond donors (Lipinski definition) is 1. The Labute approximate surface area is 95.2 Å². The highest BCUT2D eigenvalue weighted by atomic mass is 32.1. The van der Waals surface area contributed by atoms with E-state index in [1.54, 1.807) is 13.0 Å². The molecular formula is C11H8N2O2S. The van der Waals surface area contributed by atoms with Crippen molar-refractivity contribution in [2.24, 2.45) is 0 Å². The summed E-state index contributed by atoms with van der Waals surface area (Å²) in [6, 6.07) is 7.30. The van der Waals surface area contributed by atoms with Crippen LogP contribution in [0.5, 0.6) is 5.75 Å². The Hall–Kier alpha value is -1.88. The highest BCUT2D eigenvalue weighted by Crippen LogP contribution is 2.36. The minimum atomic E-state index is 0.274. The molecule has 0 spiro atoms. The van der Waals surface area contributed by atoms with Gasteiger partial charge in [-0.05, 0) is 18.2 Å². The summed E-state index contributed by atoms with van der Waals surface area (Å²) in [5.41, 5.74) is 0. The van der Waals surface area contributed by atoms with Gasteiger partial charge in [0.25, 0.3) is 5.89 Å². The van der Waals surface area contributed by atoms with E-state index in [0.717, 1.165) is 15.0 Å². The molecule has 0 bridgehead atoms. The van der Waals surface area contributed by atoms with Gasteiger partial charge in [-0.15, -0.1) is 21.5 Å². The number of rotatable bonds is 1. The Bertz CT molecular complexity index is 657. The molecule has 1 N–H and O–H groups in total. The van der Waals surface area contributed by atoms with Crippen LogP contribution in [-0.4, -0.2) is 15.3 Å². The smallest absolute Gasteiger partial charge is 0.257 e. The lowest BCUT2D eigenvalue weighted by molar-refractivity contribution is 0.482. The molecule has 3 rings (SSSR count). The van der Waals surface area contributed by atoms with Crippen molar-refractivity contribution in [3.8, 4) is 16.5 Å². The minimum Gasteiger partial charge on any atom is -0.507 e. The van der Waals surface area contributed by atoms with Crippen LogP contribution >= 0.6 is 11.3 Å². The van der Waals surface area contributed by atoms with Crippen molar-refractivity contribution < 1.29 is 9.52 Å². The molecular weight excluding hydrogens is 224 g/mol. The molecule has 5 heteroatoms. The van der Waals surface area contributed by atoms with Crippen LogP contribution in [0, 0.1) is 6.92 Å². The molecule has 0 unspecified atom stereocenters. The van der Waals surface area contributed by atoms with Gasteiger partial charge in [-0.3, -0.25) is 0 Å². The highest BCUT2D eigenvalue weighted by molar-refractivity contribution is 7.22. The average molecular weight is 232 g/mol. The third-order valence-electron chi connectivity index (χ3n) is 2.28. The van der Waals surface area contributed by atoms with Crippen molar-refractivity contribution in [1.82, 2.24) is 10.2 Å². The molecule has 0 aliphatic carbocycles. The van der Waals surface area contributed by atoms with Gasteiger partial charge in [-0.25, -0.2) is 0 Å². The molecule has 3 aromatic rings. The zero-order valence-corrected chi connectivity index (χ0v) is 9.28. The SMILES string of the molecule is Cc1nnc(-c2cc3c(O)cccc3s2)o1. The van der Waals surface area contributed by atoms with Crippen LogP contribution in [0.4, 0.5) is 0 Å². The number of benzene rings is 1. The van der Waals surface area contributed by atoms with Gasteiger partial charge in [-0.2, -0.15) is 0 Å². The number of phenolic OH excluding ortho intramolecular Hbond substituents is 1. The van der Waals surface area contributed by atoms with Gasteiger partial charge in [0.1, 0.15) is 5.75 Å². The van der Waals surface area contributed by atoms with Crippen LogP contribution in [0.3, 0.4) is 0 Å². The van der Waals surface area contributed by atoms with E-state index in [9.17, 15) is 5.11 Å². The first kappa shape index (κ1) is 9.35. The molecule has 0 saturated carbocycles. The van der Waals surface area contributed by atoms with Gasteiger partial charge in [-0.1, -0.05) is 6.07 Å². The number of aryl methyl sites for hydroxylation is 1. The van der Waals surface area contributed by atoms with Crippen LogP contribution in [-0.2, 0) is 0 Å². The van der Waals surface area contributed by atoms with Crippen LogP contribution < -0.4 is 0 Å². The monoisotopic (exact) mass is 232 g/mol. The number of thiophene rings is 1. The first-order valence-electron chi connectivity index (χ1n) is 4.76. The molecule has 0 aliphatic rings. The van der Waals surface area contributed by atoms with Crippen molar-refractivity contribution in [3.05, 3.63) is 30.2 Å². The third-order valence-corrected chi connectivity index (χ3v) is 3.36. The molecule has 0 fully saturated rings. The predicted molar refractivity (Wildman–Crippen MR) is 61.5 cm³/mol. The second-order valence-corrected chi connectivity index (χ2v) is 4.51. The molecule has 0 aliphatic heterocycles. The summed E-state index contributed by atoms with van der Waals surface area (Å²) >= 11 is 1.52. The number of fused-ring (bicyclic) bond motifs is 1. The van der Waals surface area contributed by atoms with Crippen LogP contribution in [0.25, 0.3) is 20.9 Å². The summed E-state index contributed by atoms with van der Waals surface area (Å²) in [5, 5.41) is 18.2. The van der Waals surface area contributed by atoms with Gasteiger partial charge in [0, 0.05) is 17.0 Å². The predicted octanol–water partition coefficient (Wildman–Crippen LogP) is 2.97. The van der Waals surface area contributed by atoms with E-state index in [1.165, 1.54) is 11.3 Å². The molecule has 2 heterocycles. The lowest BCUT2D eigenvalue weighted by Crippen LogP contribution is -1.70. The zero-order chi connectivity index (χ0) is 11.1. The van der Waals surface area contributed by atoms with Crippen LogP contribution in [0.2, 0.25) is 0 Å². The lowest BCUT2D eigenvalue weighted by Gasteiger charge is -1.90. The van der Waals surface area contributed by atoms with Gasteiger partial charge >= 0.3 is 0 Å². The Balaban J connectivity index is 2.22. The number of aromatic nitrogens is 2. The van der Waals surface area contributed by atoms with Gasteiger partial charge in [0.2, 0.25) is 5.89 Å². The summed E-state index contributed by atoms with van der Waals surface area (Å²) in [6.45, 7) is 1.75. The van der Waals surface area contributed by atoms with Crippen molar-refractivity contribution in [2.45, 2.75) is 6.92 Å². The van der Waals surface area contributed by atoms with E-state index in [2.05, 4.69) is 10.2 Å². The van der Waals surface area contributed by atoms with E-state index >= 15 is 0 Å². The first-order valence-corrected chi connectivity index (χ1v) is 5.58. The maximum absolute atomic E-state index is 9.68. The van der Waals surface area contributed by atoms with Gasteiger partial charge in [0.15, 0.2) is 0 Å². The fraction of sp³-hybridized carbons (Fsp3) is 0.0909. The third kappa shape index (κ3) is 1.37. The zero-order valence-electron chi connectivity index (χ0n) is 8.47. The second kappa shape index (κ2) is 3.31. The largest absolute Gasteiger partial charge is 0.507 e. The van der Waals surface area contributed by atoms with E-state index < -0.39 is 0 Å². The quantitative estimate of drug-likeness (QED) is 0.700. The molecule has 1 aromatic carbocycles. The number of nitrogens with zero attached hydrogens (tertiary/aromatic N) is 2. The van der Waals surface area contributed by atoms with E-state index in [0.29, 0.717) is 11.8 Å². The molecule has 2 aromatic heterocycles. The highest BCUT2D eigenvalue weighted by Gasteiger charge is 2.11. The van der Waals surface area contributed by atoms with Crippen LogP contribution in [0.15, 0.2) is 28.7 Å². The standard InChI is InChI=1S/C11H8N2O2S/c1-6-12-13-11(15-6)10-5-7-8(14)3-2-4-9(7)16-10/h2-5,14H,1H3. The Morgan fingerprint density at radius 3 is 2.88 bits per heavy atom. The lowest BCUT2D eigenvalue weighted by atomic mass is 10.2. The Morgan fingerprint density at radius 2 is 2.19 bits per heavy atom. The van der Waals surface area contributed by atoms with Gasteiger partial charge in [0.05, 0.1) is 4.88 Å². The maximum Gasteiger partial charge on any atom is 0.257 e. The molecule has 4 nitrogen and oxygen atoms in total. The summed E-state index contributed by atoms with van der Waals surface area (Å²) in [4.78, 5) is 0.872. The maximum atomic E-state index is 9.68. The van der Waals surface area contributed by atoms with Crippen molar-refractivity contribution >= 4 is 21.4 Å². The summed E-state index contributed by atoms with van der Waals surface area (Å²) in [7, 11) is 0. The van der Waals surface area contributed by atoms with E-state index in [-0.39, 0.29) is 5.75 Å². The van der Waals surface area contributed by atoms with E-state index in [4.69, 9.17) is 4.42 Å². The number of aromatic hydroxyl groups is 1. The molecule has 0 atom stereocenters. The normalized spacial score (nSPS) is 11.1. The number of hydrogen-bond acceptors (Lipinski definition) is 5. The molecule has 0 saturated heterocycles. The van der Waals surface area contributed by atoms with Gasteiger partial charge < -0.3 is 9.52 Å². The fourth-order valence-corrected chi connectivity index (χ4v) is 2.55. The van der Waals surface area contributed by atoms with Crippen molar-refractivity contribution in [2.75, 3.05) is 0 Å². The summed E-state index contributed by atoms with van der Waals surface area (Å²) in [5.74, 6) is 1.31. The average Bonchev–Trinajstić information content (AvgIpc) is 2.84. The van der Waals surface area contributed by atoms with Crippen molar-refractivity contribution in [1.29, 1.82) is 0 Å². The molecule has 16 heavy (non-hydrogen) atoms. The minimum absolute atomic E-state index is 0.274. The number of phenols is 1. The Morgan fingerprint density at radius 1 is 1.31 bits per heavy atom. The van der Waals surface area contributed by atoms with Crippen LogP contribution in [0.1, 0.15) is 5.89 Å².